The van der Waals surface area contributed by atoms with Crippen LogP contribution in [0.1, 0.15) is 24.1 Å². The third-order valence-corrected chi connectivity index (χ3v) is 6.15. The van der Waals surface area contributed by atoms with Crippen LogP contribution in [0.3, 0.4) is 0 Å². The smallest absolute Gasteiger partial charge is 0.301 e. The zero-order valence-electron chi connectivity index (χ0n) is 18.2. The Morgan fingerprint density at radius 3 is 2.62 bits per heavy atom. The van der Waals surface area contributed by atoms with Crippen LogP contribution >= 0.6 is 22.9 Å². The molecule has 1 aliphatic heterocycles. The molecule has 1 fully saturated rings. The zero-order valence-corrected chi connectivity index (χ0v) is 19.8. The molecule has 4 rings (SSSR count). The summed E-state index contributed by atoms with van der Waals surface area (Å²) in [7, 11) is 0. The SMILES string of the molecule is C=CCOc1ccc(C2C(=C(O)c3ccc(Cl)cc3)C(=O)C(=O)N2c2nccs2)cc1OCC. The number of thiazole rings is 1. The maximum atomic E-state index is 13.2. The lowest BCUT2D eigenvalue weighted by Crippen LogP contribution is -2.29. The number of aromatic nitrogens is 1. The number of rotatable bonds is 8. The molecule has 34 heavy (non-hydrogen) atoms. The predicted molar refractivity (Wildman–Crippen MR) is 132 cm³/mol. The van der Waals surface area contributed by atoms with E-state index in [-0.39, 0.29) is 17.9 Å². The van der Waals surface area contributed by atoms with Gasteiger partial charge >= 0.3 is 5.91 Å². The fraction of sp³-hybridized carbons (Fsp3) is 0.160. The molecule has 174 valence electrons. The third kappa shape index (κ3) is 4.42. The molecule has 2 heterocycles. The van der Waals surface area contributed by atoms with Gasteiger partial charge < -0.3 is 14.6 Å². The van der Waals surface area contributed by atoms with E-state index in [0.717, 1.165) is 0 Å². The Balaban J connectivity index is 1.90. The summed E-state index contributed by atoms with van der Waals surface area (Å²) >= 11 is 7.19. The highest BCUT2D eigenvalue weighted by atomic mass is 35.5. The van der Waals surface area contributed by atoms with Crippen molar-refractivity contribution in [3.63, 3.8) is 0 Å². The molecule has 1 N–H and O–H groups in total. The van der Waals surface area contributed by atoms with Crippen molar-refractivity contribution in [3.8, 4) is 11.5 Å². The van der Waals surface area contributed by atoms with Crippen LogP contribution in [-0.4, -0.2) is 35.0 Å². The van der Waals surface area contributed by atoms with Gasteiger partial charge in [-0.2, -0.15) is 0 Å². The molecule has 0 spiro atoms. The van der Waals surface area contributed by atoms with E-state index in [0.29, 0.717) is 39.4 Å². The Morgan fingerprint density at radius 1 is 1.21 bits per heavy atom. The lowest BCUT2D eigenvalue weighted by molar-refractivity contribution is -0.132. The minimum absolute atomic E-state index is 0.0512. The highest BCUT2D eigenvalue weighted by Crippen LogP contribution is 2.44. The quantitative estimate of drug-likeness (QED) is 0.195. The van der Waals surface area contributed by atoms with Gasteiger partial charge in [-0.1, -0.05) is 30.3 Å². The van der Waals surface area contributed by atoms with E-state index in [4.69, 9.17) is 21.1 Å². The normalized spacial score (nSPS) is 17.1. The van der Waals surface area contributed by atoms with E-state index < -0.39 is 17.7 Å². The lowest BCUT2D eigenvalue weighted by Gasteiger charge is -2.24. The molecule has 1 saturated heterocycles. The van der Waals surface area contributed by atoms with Gasteiger partial charge in [0.1, 0.15) is 12.4 Å². The molecule has 3 aromatic rings. The number of ketones is 1. The van der Waals surface area contributed by atoms with Crippen LogP contribution in [0.5, 0.6) is 11.5 Å². The zero-order chi connectivity index (χ0) is 24.2. The van der Waals surface area contributed by atoms with Crippen LogP contribution < -0.4 is 14.4 Å². The first-order valence-corrected chi connectivity index (χ1v) is 11.7. The Labute approximate surface area is 205 Å². The molecule has 1 atom stereocenters. The van der Waals surface area contributed by atoms with Crippen LogP contribution in [0.25, 0.3) is 5.76 Å². The van der Waals surface area contributed by atoms with Gasteiger partial charge in [-0.3, -0.25) is 14.5 Å². The van der Waals surface area contributed by atoms with E-state index in [1.54, 1.807) is 60.1 Å². The molecular formula is C25H21ClN2O5S. The summed E-state index contributed by atoms with van der Waals surface area (Å²) in [5, 5.41) is 13.7. The minimum Gasteiger partial charge on any atom is -0.507 e. The van der Waals surface area contributed by atoms with Gasteiger partial charge in [-0.15, -0.1) is 11.3 Å². The molecule has 1 amide bonds. The number of amides is 1. The predicted octanol–water partition coefficient (Wildman–Crippen LogP) is 5.39. The van der Waals surface area contributed by atoms with Gasteiger partial charge in [-0.05, 0) is 48.9 Å². The summed E-state index contributed by atoms with van der Waals surface area (Å²) in [5.41, 5.74) is 0.867. The number of aliphatic hydroxyl groups is 1. The molecule has 0 radical (unpaired) electrons. The lowest BCUT2D eigenvalue weighted by atomic mass is 9.95. The van der Waals surface area contributed by atoms with Crippen molar-refractivity contribution >= 4 is 45.5 Å². The van der Waals surface area contributed by atoms with E-state index in [1.165, 1.54) is 16.2 Å². The molecular weight excluding hydrogens is 476 g/mol. The minimum atomic E-state index is -0.922. The number of carbonyl (C=O) groups is 2. The summed E-state index contributed by atoms with van der Waals surface area (Å²) in [5.74, 6) is -0.950. The fourth-order valence-electron chi connectivity index (χ4n) is 3.67. The molecule has 0 bridgehead atoms. The number of halogens is 1. The highest BCUT2D eigenvalue weighted by molar-refractivity contribution is 7.14. The molecule has 1 unspecified atom stereocenters. The summed E-state index contributed by atoms with van der Waals surface area (Å²) in [6, 6.07) is 10.6. The number of aliphatic hydroxyl groups excluding tert-OH is 1. The number of benzene rings is 2. The second-order valence-corrected chi connectivity index (χ2v) is 8.54. The van der Waals surface area contributed by atoms with E-state index >= 15 is 0 Å². The standard InChI is InChI=1S/C25H21ClN2O5S/c1-3-12-33-18-10-7-16(14-19(18)32-4-2)21-20(22(29)15-5-8-17(26)9-6-15)23(30)24(31)28(21)25-27-11-13-34-25/h3,5-11,13-14,21,29H,1,4,12H2,2H3. The first-order valence-electron chi connectivity index (χ1n) is 10.4. The summed E-state index contributed by atoms with van der Waals surface area (Å²) < 4.78 is 11.4. The summed E-state index contributed by atoms with van der Waals surface area (Å²) in [6.07, 6.45) is 3.17. The van der Waals surface area contributed by atoms with Gasteiger partial charge in [0.05, 0.1) is 18.2 Å². The van der Waals surface area contributed by atoms with E-state index in [1.807, 2.05) is 6.92 Å². The Hall–Kier alpha value is -3.62. The average molecular weight is 497 g/mol. The average Bonchev–Trinajstić information content (AvgIpc) is 3.45. The van der Waals surface area contributed by atoms with Crippen LogP contribution in [0.15, 0.2) is 72.3 Å². The molecule has 1 aliphatic rings. The van der Waals surface area contributed by atoms with E-state index in [2.05, 4.69) is 11.6 Å². The first kappa shape index (κ1) is 23.5. The van der Waals surface area contributed by atoms with Crippen molar-refractivity contribution in [1.82, 2.24) is 4.98 Å². The van der Waals surface area contributed by atoms with Gasteiger partial charge in [0.15, 0.2) is 16.6 Å². The Kier molecular flexibility index (Phi) is 7.00. The molecule has 7 nitrogen and oxygen atoms in total. The van der Waals surface area contributed by atoms with Crippen molar-refractivity contribution in [3.05, 3.63) is 88.4 Å². The Bertz CT molecular complexity index is 1250. The van der Waals surface area contributed by atoms with Crippen LogP contribution in [-0.2, 0) is 9.59 Å². The second kappa shape index (κ2) is 10.1. The van der Waals surface area contributed by atoms with Gasteiger partial charge in [0.2, 0.25) is 0 Å². The van der Waals surface area contributed by atoms with Crippen molar-refractivity contribution in [1.29, 1.82) is 0 Å². The number of nitrogens with zero attached hydrogens (tertiary/aromatic N) is 2. The van der Waals surface area contributed by atoms with Crippen LogP contribution in [0, 0.1) is 0 Å². The molecule has 0 saturated carbocycles. The molecule has 9 heteroatoms. The Morgan fingerprint density at radius 2 is 1.97 bits per heavy atom. The van der Waals surface area contributed by atoms with Gasteiger partial charge in [0, 0.05) is 22.2 Å². The molecule has 2 aromatic carbocycles. The van der Waals surface area contributed by atoms with Crippen molar-refractivity contribution in [2.45, 2.75) is 13.0 Å². The number of anilines is 1. The second-order valence-electron chi connectivity index (χ2n) is 7.23. The van der Waals surface area contributed by atoms with Gasteiger partial charge in [0.25, 0.3) is 5.78 Å². The number of ether oxygens (including phenoxy) is 2. The van der Waals surface area contributed by atoms with Gasteiger partial charge in [-0.25, -0.2) is 4.98 Å². The van der Waals surface area contributed by atoms with Crippen molar-refractivity contribution < 1.29 is 24.2 Å². The fourth-order valence-corrected chi connectivity index (χ4v) is 4.47. The number of hydrogen-bond donors (Lipinski definition) is 1. The van der Waals surface area contributed by atoms with E-state index in [9.17, 15) is 14.7 Å². The number of hydrogen-bond acceptors (Lipinski definition) is 7. The molecule has 0 aliphatic carbocycles. The number of Topliss-reactive ketones (excluding diaryl/α,β-unsaturated/α-hetero) is 1. The highest BCUT2D eigenvalue weighted by Gasteiger charge is 2.48. The monoisotopic (exact) mass is 496 g/mol. The molecule has 1 aromatic heterocycles. The van der Waals surface area contributed by atoms with Crippen molar-refractivity contribution in [2.24, 2.45) is 0 Å². The summed E-state index contributed by atoms with van der Waals surface area (Å²) in [4.78, 5) is 31.8. The third-order valence-electron chi connectivity index (χ3n) is 5.13. The largest absolute Gasteiger partial charge is 0.507 e. The maximum absolute atomic E-state index is 13.2. The topological polar surface area (TPSA) is 89.0 Å². The van der Waals surface area contributed by atoms with Crippen LogP contribution in [0.4, 0.5) is 5.13 Å². The first-order chi connectivity index (χ1) is 16.5. The maximum Gasteiger partial charge on any atom is 0.301 e. The van der Waals surface area contributed by atoms with Crippen LogP contribution in [0.2, 0.25) is 5.02 Å². The van der Waals surface area contributed by atoms with Crippen molar-refractivity contribution in [2.75, 3.05) is 18.1 Å². The number of carbonyl (C=O) groups excluding carboxylic acids is 2. The summed E-state index contributed by atoms with van der Waals surface area (Å²) in [6.45, 7) is 6.16.